The highest BCUT2D eigenvalue weighted by molar-refractivity contribution is 4.72. The maximum Gasteiger partial charge on any atom is 0.0600 e. The van der Waals surface area contributed by atoms with Gasteiger partial charge in [-0.15, -0.1) is 0 Å². The minimum Gasteiger partial charge on any atom is -0.377 e. The van der Waals surface area contributed by atoms with Crippen LogP contribution in [0.1, 0.15) is 26.7 Å². The number of piperidine rings is 1. The highest BCUT2D eigenvalue weighted by Crippen LogP contribution is 2.13. The molecule has 1 heterocycles. The quantitative estimate of drug-likeness (QED) is 0.704. The van der Waals surface area contributed by atoms with Crippen molar-refractivity contribution in [3.63, 3.8) is 0 Å². The fourth-order valence-corrected chi connectivity index (χ4v) is 1.95. The van der Waals surface area contributed by atoms with Crippen LogP contribution >= 0.6 is 0 Å². The number of hydrogen-bond acceptors (Lipinski definition) is 4. The van der Waals surface area contributed by atoms with E-state index in [0.717, 1.165) is 39.1 Å². The van der Waals surface area contributed by atoms with Crippen LogP contribution in [0.3, 0.4) is 0 Å². The second-order valence-corrected chi connectivity index (χ2v) is 4.62. The molecule has 0 amide bonds. The van der Waals surface area contributed by atoms with Gasteiger partial charge in [-0.1, -0.05) is 0 Å². The third-order valence-corrected chi connectivity index (χ3v) is 2.86. The van der Waals surface area contributed by atoms with Gasteiger partial charge in [0.1, 0.15) is 0 Å². The molecule has 1 fully saturated rings. The van der Waals surface area contributed by atoms with Crippen LogP contribution < -0.4 is 5.73 Å². The zero-order valence-corrected chi connectivity index (χ0v) is 10.7. The Morgan fingerprint density at radius 2 is 1.94 bits per heavy atom. The molecule has 0 aromatic rings. The number of rotatable bonds is 7. The molecule has 0 radical (unpaired) electrons. The third-order valence-electron chi connectivity index (χ3n) is 2.86. The lowest BCUT2D eigenvalue weighted by Crippen LogP contribution is -2.39. The van der Waals surface area contributed by atoms with Crippen LogP contribution in [0.5, 0.6) is 0 Å². The first-order chi connectivity index (χ1) is 7.72. The maximum absolute atomic E-state index is 5.64. The summed E-state index contributed by atoms with van der Waals surface area (Å²) in [5, 5.41) is 0. The topological polar surface area (TPSA) is 47.7 Å². The maximum atomic E-state index is 5.64. The normalized spacial score (nSPS) is 19.5. The summed E-state index contributed by atoms with van der Waals surface area (Å²) in [5.41, 5.74) is 5.42. The molecule has 2 N–H and O–H groups in total. The lowest BCUT2D eigenvalue weighted by molar-refractivity contribution is -0.000463. The molecule has 0 spiro atoms. The molecule has 4 nitrogen and oxygen atoms in total. The summed E-state index contributed by atoms with van der Waals surface area (Å²) in [6.45, 7) is 9.60. The monoisotopic (exact) mass is 230 g/mol. The summed E-state index contributed by atoms with van der Waals surface area (Å²) < 4.78 is 11.2. The van der Waals surface area contributed by atoms with E-state index in [1.165, 1.54) is 0 Å². The van der Waals surface area contributed by atoms with E-state index in [4.69, 9.17) is 15.2 Å². The van der Waals surface area contributed by atoms with Gasteiger partial charge in [-0.05, 0) is 26.7 Å². The second-order valence-electron chi connectivity index (χ2n) is 4.62. The van der Waals surface area contributed by atoms with Gasteiger partial charge in [0.2, 0.25) is 0 Å². The summed E-state index contributed by atoms with van der Waals surface area (Å²) in [7, 11) is 0. The largest absolute Gasteiger partial charge is 0.377 e. The smallest absolute Gasteiger partial charge is 0.0600 e. The number of hydrogen-bond donors (Lipinski definition) is 1. The molecule has 0 atom stereocenters. The third kappa shape index (κ3) is 5.80. The summed E-state index contributed by atoms with van der Waals surface area (Å²) in [6, 6.07) is 0. The summed E-state index contributed by atoms with van der Waals surface area (Å²) in [6.07, 6.45) is 3.01. The van der Waals surface area contributed by atoms with E-state index in [1.54, 1.807) is 0 Å². The van der Waals surface area contributed by atoms with Crippen molar-refractivity contribution in [2.24, 2.45) is 5.73 Å². The molecule has 1 rings (SSSR count). The molecule has 0 bridgehead atoms. The van der Waals surface area contributed by atoms with Crippen molar-refractivity contribution in [2.75, 3.05) is 39.4 Å². The zero-order valence-electron chi connectivity index (χ0n) is 10.7. The first-order valence-electron chi connectivity index (χ1n) is 6.38. The SMILES string of the molecule is CC(C)OCCN1CCC(OCCN)CC1. The molecule has 96 valence electrons. The van der Waals surface area contributed by atoms with Crippen molar-refractivity contribution in [3.8, 4) is 0 Å². The molecule has 0 aromatic heterocycles. The van der Waals surface area contributed by atoms with Gasteiger partial charge in [-0.3, -0.25) is 0 Å². The van der Waals surface area contributed by atoms with Gasteiger partial charge in [0.25, 0.3) is 0 Å². The zero-order chi connectivity index (χ0) is 11.8. The molecule has 1 aliphatic heterocycles. The summed E-state index contributed by atoms with van der Waals surface area (Å²) in [4.78, 5) is 2.45. The van der Waals surface area contributed by atoms with Crippen molar-refractivity contribution in [1.82, 2.24) is 4.90 Å². The molecule has 0 aromatic carbocycles. The lowest BCUT2D eigenvalue weighted by atomic mass is 10.1. The van der Waals surface area contributed by atoms with Crippen molar-refractivity contribution in [3.05, 3.63) is 0 Å². The fraction of sp³-hybridized carbons (Fsp3) is 1.00. The molecule has 0 aliphatic carbocycles. The first-order valence-corrected chi connectivity index (χ1v) is 6.38. The van der Waals surface area contributed by atoms with Gasteiger partial charge in [0, 0.05) is 26.2 Å². The van der Waals surface area contributed by atoms with Crippen LogP contribution in [-0.2, 0) is 9.47 Å². The summed E-state index contributed by atoms with van der Waals surface area (Å²) >= 11 is 0. The van der Waals surface area contributed by atoms with E-state index in [9.17, 15) is 0 Å². The van der Waals surface area contributed by atoms with Gasteiger partial charge in [0.15, 0.2) is 0 Å². The Kier molecular flexibility index (Phi) is 6.96. The van der Waals surface area contributed by atoms with Crippen molar-refractivity contribution in [1.29, 1.82) is 0 Å². The Balaban J connectivity index is 2.03. The van der Waals surface area contributed by atoms with Gasteiger partial charge in [-0.25, -0.2) is 0 Å². The van der Waals surface area contributed by atoms with Gasteiger partial charge >= 0.3 is 0 Å². The van der Waals surface area contributed by atoms with Crippen molar-refractivity contribution in [2.45, 2.75) is 38.9 Å². The van der Waals surface area contributed by atoms with Crippen LogP contribution in [0.25, 0.3) is 0 Å². The Morgan fingerprint density at radius 3 is 2.50 bits per heavy atom. The molecule has 0 unspecified atom stereocenters. The van der Waals surface area contributed by atoms with E-state index in [2.05, 4.69) is 18.7 Å². The Bertz CT molecular complexity index is 168. The van der Waals surface area contributed by atoms with Crippen LogP contribution in [0.2, 0.25) is 0 Å². The first kappa shape index (κ1) is 13.9. The number of likely N-dealkylation sites (tertiary alicyclic amines) is 1. The number of nitrogens with two attached hydrogens (primary N) is 1. The van der Waals surface area contributed by atoms with Crippen LogP contribution in [0.4, 0.5) is 0 Å². The Hall–Kier alpha value is -0.160. The molecule has 0 saturated carbocycles. The second kappa shape index (κ2) is 8.01. The standard InChI is InChI=1S/C12H26N2O2/c1-11(2)15-10-8-14-6-3-12(4-7-14)16-9-5-13/h11-12H,3-10,13H2,1-2H3. The van der Waals surface area contributed by atoms with E-state index in [1.807, 2.05) is 0 Å². The minimum atomic E-state index is 0.338. The van der Waals surface area contributed by atoms with Crippen LogP contribution in [0, 0.1) is 0 Å². The minimum absolute atomic E-state index is 0.338. The molecular weight excluding hydrogens is 204 g/mol. The van der Waals surface area contributed by atoms with Crippen molar-refractivity contribution < 1.29 is 9.47 Å². The molecule has 1 aliphatic rings. The molecular formula is C12H26N2O2. The van der Waals surface area contributed by atoms with E-state index in [-0.39, 0.29) is 0 Å². The van der Waals surface area contributed by atoms with E-state index < -0.39 is 0 Å². The van der Waals surface area contributed by atoms with Crippen LogP contribution in [0.15, 0.2) is 0 Å². The highest BCUT2D eigenvalue weighted by Gasteiger charge is 2.18. The fourth-order valence-electron chi connectivity index (χ4n) is 1.95. The average molecular weight is 230 g/mol. The Morgan fingerprint density at radius 1 is 1.25 bits per heavy atom. The molecule has 16 heavy (non-hydrogen) atoms. The average Bonchev–Trinajstić information content (AvgIpc) is 2.27. The predicted octanol–water partition coefficient (Wildman–Crippen LogP) is 0.851. The Labute approximate surface area is 99.1 Å². The van der Waals surface area contributed by atoms with Gasteiger partial charge < -0.3 is 20.1 Å². The molecule has 4 heteroatoms. The van der Waals surface area contributed by atoms with E-state index in [0.29, 0.717) is 25.4 Å². The van der Waals surface area contributed by atoms with Crippen molar-refractivity contribution >= 4 is 0 Å². The lowest BCUT2D eigenvalue weighted by Gasteiger charge is -2.31. The van der Waals surface area contributed by atoms with Crippen LogP contribution in [-0.4, -0.2) is 56.5 Å². The predicted molar refractivity (Wildman–Crippen MR) is 65.6 cm³/mol. The number of nitrogens with zero attached hydrogens (tertiary/aromatic N) is 1. The highest BCUT2D eigenvalue weighted by atomic mass is 16.5. The molecule has 1 saturated heterocycles. The summed E-state index contributed by atoms with van der Waals surface area (Å²) in [5.74, 6) is 0. The van der Waals surface area contributed by atoms with E-state index >= 15 is 0 Å². The number of ether oxygens (including phenoxy) is 2. The van der Waals surface area contributed by atoms with Gasteiger partial charge in [0.05, 0.1) is 25.4 Å². The van der Waals surface area contributed by atoms with Gasteiger partial charge in [-0.2, -0.15) is 0 Å².